The number of rotatable bonds is 8. The minimum absolute atomic E-state index is 0.0866. The van der Waals surface area contributed by atoms with Gasteiger partial charge in [-0.15, -0.1) is 0 Å². The maximum Gasteiger partial charge on any atom is 0.410 e. The van der Waals surface area contributed by atoms with E-state index in [2.05, 4.69) is 52.3 Å². The molecule has 0 saturated carbocycles. The molecule has 1 aromatic heterocycles. The van der Waals surface area contributed by atoms with Crippen molar-refractivity contribution in [2.45, 2.75) is 65.4 Å². The first-order chi connectivity index (χ1) is 21.1. The molecule has 2 aromatic carbocycles. The number of aryl methyl sites for hydroxylation is 2. The van der Waals surface area contributed by atoms with Crippen LogP contribution in [0.3, 0.4) is 0 Å². The molecule has 3 aromatic rings. The third-order valence-electron chi connectivity index (χ3n) is 8.60. The molecular formula is C35H48N6O3. The maximum absolute atomic E-state index is 13.5. The smallest absolute Gasteiger partial charge is 0.410 e. The maximum atomic E-state index is 13.5. The Kier molecular flexibility index (Phi) is 9.93. The van der Waals surface area contributed by atoms with E-state index >= 15 is 0 Å². The molecule has 9 heteroatoms. The zero-order valence-corrected chi connectivity index (χ0v) is 27.0. The van der Waals surface area contributed by atoms with Gasteiger partial charge in [-0.2, -0.15) is 5.10 Å². The number of carbonyl (C=O) groups is 2. The van der Waals surface area contributed by atoms with Gasteiger partial charge in [0.05, 0.1) is 23.1 Å². The van der Waals surface area contributed by atoms with Crippen molar-refractivity contribution in [3.8, 4) is 5.69 Å². The lowest BCUT2D eigenvalue weighted by molar-refractivity contribution is 0.0203. The average molecular weight is 601 g/mol. The van der Waals surface area contributed by atoms with Crippen LogP contribution in [0.5, 0.6) is 0 Å². The van der Waals surface area contributed by atoms with Gasteiger partial charge in [-0.3, -0.25) is 9.69 Å². The monoisotopic (exact) mass is 600 g/mol. The fourth-order valence-corrected chi connectivity index (χ4v) is 6.23. The van der Waals surface area contributed by atoms with E-state index in [0.717, 1.165) is 63.4 Å². The Morgan fingerprint density at radius 3 is 2.34 bits per heavy atom. The molecule has 44 heavy (non-hydrogen) atoms. The van der Waals surface area contributed by atoms with Crippen LogP contribution in [0.1, 0.15) is 73.1 Å². The van der Waals surface area contributed by atoms with Crippen LogP contribution in [-0.2, 0) is 4.74 Å². The van der Waals surface area contributed by atoms with Crippen LogP contribution in [0.4, 0.5) is 10.5 Å². The van der Waals surface area contributed by atoms with E-state index < -0.39 is 5.60 Å². The average Bonchev–Trinajstić information content (AvgIpc) is 3.46. The predicted molar refractivity (Wildman–Crippen MR) is 175 cm³/mol. The number of likely N-dealkylation sites (tertiary alicyclic amines) is 1. The number of nitrogens with zero attached hydrogens (tertiary/aromatic N) is 5. The van der Waals surface area contributed by atoms with E-state index in [1.807, 2.05) is 55.8 Å². The third-order valence-corrected chi connectivity index (χ3v) is 8.60. The number of nitrogens with one attached hydrogen (secondary N) is 1. The van der Waals surface area contributed by atoms with Gasteiger partial charge in [0.25, 0.3) is 5.91 Å². The number of hydrogen-bond donors (Lipinski definition) is 1. The topological polar surface area (TPSA) is 82.9 Å². The summed E-state index contributed by atoms with van der Waals surface area (Å²) in [7, 11) is 0. The summed E-state index contributed by atoms with van der Waals surface area (Å²) in [6.45, 7) is 16.8. The fourth-order valence-electron chi connectivity index (χ4n) is 6.23. The molecular weight excluding hydrogens is 552 g/mol. The molecule has 0 atom stereocenters. The van der Waals surface area contributed by atoms with Gasteiger partial charge in [-0.05, 0) is 89.8 Å². The van der Waals surface area contributed by atoms with Crippen LogP contribution in [0, 0.1) is 13.8 Å². The third kappa shape index (κ3) is 7.80. The summed E-state index contributed by atoms with van der Waals surface area (Å²) in [5, 5.41) is 7.84. The Labute approximate surface area is 262 Å². The lowest BCUT2D eigenvalue weighted by atomic mass is 9.91. The van der Waals surface area contributed by atoms with Crippen molar-refractivity contribution < 1.29 is 14.3 Å². The summed E-state index contributed by atoms with van der Waals surface area (Å²) in [6.07, 6.45) is 3.80. The molecule has 0 aliphatic carbocycles. The van der Waals surface area contributed by atoms with Gasteiger partial charge >= 0.3 is 6.09 Å². The van der Waals surface area contributed by atoms with Gasteiger partial charge in [0.2, 0.25) is 0 Å². The summed E-state index contributed by atoms with van der Waals surface area (Å²) < 4.78 is 7.49. The molecule has 1 N–H and O–H groups in total. The highest BCUT2D eigenvalue weighted by Crippen LogP contribution is 2.33. The van der Waals surface area contributed by atoms with Crippen LogP contribution in [-0.4, -0.2) is 89.5 Å². The van der Waals surface area contributed by atoms with E-state index in [-0.39, 0.29) is 17.9 Å². The molecule has 2 amide bonds. The lowest BCUT2D eigenvalue weighted by Gasteiger charge is -2.37. The van der Waals surface area contributed by atoms with Crippen molar-refractivity contribution in [1.82, 2.24) is 24.9 Å². The number of carbonyl (C=O) groups excluding carboxylic acids is 2. The van der Waals surface area contributed by atoms with Crippen molar-refractivity contribution in [1.29, 1.82) is 0 Å². The minimum atomic E-state index is -0.528. The normalized spacial score (nSPS) is 16.7. The molecule has 236 valence electrons. The quantitative estimate of drug-likeness (QED) is 0.342. The van der Waals surface area contributed by atoms with Gasteiger partial charge < -0.3 is 19.9 Å². The van der Waals surface area contributed by atoms with Gasteiger partial charge in [-0.25, -0.2) is 9.48 Å². The first-order valence-electron chi connectivity index (χ1n) is 16.0. The van der Waals surface area contributed by atoms with Crippen LogP contribution in [0.2, 0.25) is 0 Å². The second-order valence-corrected chi connectivity index (χ2v) is 13.2. The molecule has 0 unspecified atom stereocenters. The largest absolute Gasteiger partial charge is 0.444 e. The van der Waals surface area contributed by atoms with Crippen molar-refractivity contribution in [2.75, 3.05) is 57.3 Å². The molecule has 0 spiro atoms. The van der Waals surface area contributed by atoms with E-state index in [0.29, 0.717) is 25.2 Å². The standard InChI is InChI=1S/C35H48N6O3/c1-26-12-13-27(2)31(24-26)39-22-20-38(21-23-39)17-9-16-36-33(42)30-25-37-41(29-10-7-6-8-11-29)32(30)28-14-18-40(19-15-28)34(43)44-35(3,4)5/h6-8,10-13,24-25,28H,9,14-23H2,1-5H3,(H,36,42). The number of ether oxygens (including phenoxy) is 1. The second-order valence-electron chi connectivity index (χ2n) is 13.2. The summed E-state index contributed by atoms with van der Waals surface area (Å²) in [6, 6.07) is 16.6. The van der Waals surface area contributed by atoms with Crippen molar-refractivity contribution in [2.24, 2.45) is 0 Å². The van der Waals surface area contributed by atoms with Gasteiger partial charge in [0.15, 0.2) is 0 Å². The lowest BCUT2D eigenvalue weighted by Crippen LogP contribution is -2.47. The summed E-state index contributed by atoms with van der Waals surface area (Å²) >= 11 is 0. The first kappa shape index (κ1) is 31.6. The van der Waals surface area contributed by atoms with Crippen LogP contribution >= 0.6 is 0 Å². The summed E-state index contributed by atoms with van der Waals surface area (Å²) in [4.78, 5) is 32.9. The summed E-state index contributed by atoms with van der Waals surface area (Å²) in [5.74, 6) is 0.0157. The second kappa shape index (κ2) is 13.8. The van der Waals surface area contributed by atoms with Crippen molar-refractivity contribution >= 4 is 17.7 Å². The number of aromatic nitrogens is 2. The number of piperazine rings is 1. The Hall–Kier alpha value is -3.85. The Morgan fingerprint density at radius 2 is 1.66 bits per heavy atom. The zero-order chi connectivity index (χ0) is 31.3. The van der Waals surface area contributed by atoms with Crippen LogP contribution < -0.4 is 10.2 Å². The molecule has 9 nitrogen and oxygen atoms in total. The van der Waals surface area contributed by atoms with E-state index in [9.17, 15) is 9.59 Å². The highest BCUT2D eigenvalue weighted by atomic mass is 16.6. The fraction of sp³-hybridized carbons (Fsp3) is 0.514. The van der Waals surface area contributed by atoms with Crippen molar-refractivity contribution in [3.63, 3.8) is 0 Å². The van der Waals surface area contributed by atoms with Crippen LogP contribution in [0.25, 0.3) is 5.69 Å². The molecule has 2 aliphatic heterocycles. The van der Waals surface area contributed by atoms with Crippen LogP contribution in [0.15, 0.2) is 54.7 Å². The number of amides is 2. The molecule has 2 fully saturated rings. The Balaban J connectivity index is 1.17. The molecule has 2 aliphatic rings. The van der Waals surface area contributed by atoms with E-state index in [4.69, 9.17) is 4.74 Å². The first-order valence-corrected chi connectivity index (χ1v) is 16.0. The molecule has 3 heterocycles. The summed E-state index contributed by atoms with van der Waals surface area (Å²) in [5.41, 5.74) is 5.91. The highest BCUT2D eigenvalue weighted by molar-refractivity contribution is 5.95. The molecule has 5 rings (SSSR count). The SMILES string of the molecule is Cc1ccc(C)c(N2CCN(CCCNC(=O)c3cnn(-c4ccccc4)c3C3CCN(C(=O)OC(C)(C)C)CC3)CC2)c1. The number of anilines is 1. The molecule has 0 radical (unpaired) electrons. The highest BCUT2D eigenvalue weighted by Gasteiger charge is 2.32. The Morgan fingerprint density at radius 1 is 0.955 bits per heavy atom. The minimum Gasteiger partial charge on any atom is -0.444 e. The van der Waals surface area contributed by atoms with Gasteiger partial charge in [0.1, 0.15) is 5.60 Å². The van der Waals surface area contributed by atoms with Crippen molar-refractivity contribution in [3.05, 3.63) is 77.1 Å². The number of para-hydroxylation sites is 1. The number of benzene rings is 2. The Bertz CT molecular complexity index is 1410. The number of hydrogen-bond acceptors (Lipinski definition) is 6. The number of piperidine rings is 1. The predicted octanol–water partition coefficient (Wildman–Crippen LogP) is 5.55. The van der Waals surface area contributed by atoms with E-state index in [1.54, 1.807) is 11.1 Å². The molecule has 2 saturated heterocycles. The van der Waals surface area contributed by atoms with E-state index in [1.165, 1.54) is 16.8 Å². The van der Waals surface area contributed by atoms with Gasteiger partial charge in [0, 0.05) is 57.4 Å². The zero-order valence-electron chi connectivity index (χ0n) is 27.0. The molecule has 0 bridgehead atoms. The van der Waals surface area contributed by atoms with Gasteiger partial charge in [-0.1, -0.05) is 30.3 Å².